The van der Waals surface area contributed by atoms with Gasteiger partial charge >= 0.3 is 12.1 Å². The average molecular weight is 396 g/mol. The van der Waals surface area contributed by atoms with Gasteiger partial charge in [-0.3, -0.25) is 9.59 Å². The van der Waals surface area contributed by atoms with E-state index in [4.69, 9.17) is 0 Å². The number of nitrogens with zero attached hydrogens (tertiary/aromatic N) is 2. The number of halogens is 3. The number of rotatable bonds is 3. The van der Waals surface area contributed by atoms with E-state index in [2.05, 4.69) is 0 Å². The van der Waals surface area contributed by atoms with Crippen molar-refractivity contribution in [3.63, 3.8) is 0 Å². The smallest absolute Gasteiger partial charge is 0.416 e. The molecule has 3 fully saturated rings. The maximum absolute atomic E-state index is 13.0. The van der Waals surface area contributed by atoms with E-state index in [0.717, 1.165) is 31.4 Å². The van der Waals surface area contributed by atoms with Gasteiger partial charge in [0.1, 0.15) is 0 Å². The first-order chi connectivity index (χ1) is 13.3. The Kier molecular flexibility index (Phi) is 4.75. The molecule has 5 nitrogen and oxygen atoms in total. The van der Waals surface area contributed by atoms with Crippen LogP contribution in [0.2, 0.25) is 0 Å². The average Bonchev–Trinajstić information content (AvgIpc) is 3.28. The molecule has 1 aromatic rings. The van der Waals surface area contributed by atoms with Crippen LogP contribution in [0.3, 0.4) is 0 Å². The number of carboxylic acids is 1. The highest BCUT2D eigenvalue weighted by molar-refractivity contribution is 5.86. The Morgan fingerprint density at radius 1 is 1.00 bits per heavy atom. The molecule has 2 bridgehead atoms. The highest BCUT2D eigenvalue weighted by Gasteiger charge is 2.54. The third kappa shape index (κ3) is 3.33. The number of carboxylic acid groups (broad SMARTS) is 1. The number of benzene rings is 1. The second-order valence-electron chi connectivity index (χ2n) is 8.08. The van der Waals surface area contributed by atoms with Crippen LogP contribution >= 0.6 is 0 Å². The van der Waals surface area contributed by atoms with Crippen molar-refractivity contribution in [1.82, 2.24) is 4.90 Å². The zero-order chi connectivity index (χ0) is 20.1. The summed E-state index contributed by atoms with van der Waals surface area (Å²) in [6.07, 6.45) is -1.78. The van der Waals surface area contributed by atoms with Crippen LogP contribution < -0.4 is 4.90 Å². The quantitative estimate of drug-likeness (QED) is 0.853. The van der Waals surface area contributed by atoms with Crippen LogP contribution in [0.4, 0.5) is 18.9 Å². The first-order valence-electron chi connectivity index (χ1n) is 9.69. The molecule has 2 saturated carbocycles. The number of carbonyl (C=O) groups excluding carboxylic acids is 1. The Balaban J connectivity index is 1.42. The van der Waals surface area contributed by atoms with Gasteiger partial charge in [-0.1, -0.05) is 6.07 Å². The van der Waals surface area contributed by atoms with Crippen molar-refractivity contribution in [2.75, 3.05) is 31.1 Å². The largest absolute Gasteiger partial charge is 0.481 e. The Morgan fingerprint density at radius 3 is 2.25 bits per heavy atom. The molecule has 1 aliphatic heterocycles. The topological polar surface area (TPSA) is 60.9 Å². The van der Waals surface area contributed by atoms with Gasteiger partial charge in [-0.05, 0) is 49.3 Å². The number of piperazine rings is 1. The molecule has 1 aromatic carbocycles. The van der Waals surface area contributed by atoms with Crippen LogP contribution in [0, 0.1) is 23.7 Å². The van der Waals surface area contributed by atoms with Crippen molar-refractivity contribution >= 4 is 17.6 Å². The lowest BCUT2D eigenvalue weighted by Crippen LogP contribution is -2.52. The maximum atomic E-state index is 13.0. The molecule has 4 atom stereocenters. The number of aliphatic carboxylic acids is 1. The van der Waals surface area contributed by atoms with Crippen molar-refractivity contribution < 1.29 is 27.9 Å². The van der Waals surface area contributed by atoms with Crippen LogP contribution in [-0.4, -0.2) is 48.1 Å². The summed E-state index contributed by atoms with van der Waals surface area (Å²) in [6.45, 7) is 1.67. The zero-order valence-corrected chi connectivity index (χ0v) is 15.4. The van der Waals surface area contributed by atoms with Crippen LogP contribution in [-0.2, 0) is 15.8 Å². The predicted octanol–water partition coefficient (Wildman–Crippen LogP) is 3.10. The number of anilines is 1. The van der Waals surface area contributed by atoms with Gasteiger partial charge < -0.3 is 14.9 Å². The van der Waals surface area contributed by atoms with E-state index in [9.17, 15) is 27.9 Å². The van der Waals surface area contributed by atoms with E-state index in [-0.39, 0.29) is 17.7 Å². The lowest BCUT2D eigenvalue weighted by Gasteiger charge is -2.39. The van der Waals surface area contributed by atoms with Crippen molar-refractivity contribution in [1.29, 1.82) is 0 Å². The first-order valence-corrected chi connectivity index (χ1v) is 9.69. The minimum atomic E-state index is -4.39. The van der Waals surface area contributed by atoms with Gasteiger partial charge in [0.2, 0.25) is 5.91 Å². The number of hydrogen-bond acceptors (Lipinski definition) is 3. The molecule has 1 heterocycles. The fraction of sp³-hybridized carbons (Fsp3) is 0.600. The van der Waals surface area contributed by atoms with Crippen LogP contribution in [0.5, 0.6) is 0 Å². The Bertz CT molecular complexity index is 774. The van der Waals surface area contributed by atoms with Crippen molar-refractivity contribution in [3.05, 3.63) is 29.8 Å². The summed E-state index contributed by atoms with van der Waals surface area (Å²) in [4.78, 5) is 28.2. The van der Waals surface area contributed by atoms with Crippen LogP contribution in [0.1, 0.15) is 24.8 Å². The molecule has 0 aromatic heterocycles. The minimum Gasteiger partial charge on any atom is -0.481 e. The van der Waals surface area contributed by atoms with Crippen molar-refractivity contribution in [2.24, 2.45) is 23.7 Å². The predicted molar refractivity (Wildman–Crippen MR) is 95.7 cm³/mol. The fourth-order valence-electron chi connectivity index (χ4n) is 5.28. The standard InChI is InChI=1S/C20H23F3N2O3/c21-20(22,23)14-2-1-3-15(11-14)24-6-8-25(9-7-24)18(26)16-12-4-5-13(10-12)17(16)19(27)28/h1-3,11-13,16-17H,4-10H2,(H,27,28)/t12-,13+,16+,17+/m1/s1. The summed E-state index contributed by atoms with van der Waals surface area (Å²) in [6, 6.07) is 5.21. The third-order valence-corrected chi connectivity index (χ3v) is 6.62. The number of fused-ring (bicyclic) bond motifs is 2. The molecule has 4 rings (SSSR count). The highest BCUT2D eigenvalue weighted by Crippen LogP contribution is 2.53. The monoisotopic (exact) mass is 396 g/mol. The van der Waals surface area contributed by atoms with Gasteiger partial charge in [0, 0.05) is 31.9 Å². The molecule has 1 N–H and O–H groups in total. The molecule has 2 aliphatic carbocycles. The van der Waals surface area contributed by atoms with Gasteiger partial charge in [-0.2, -0.15) is 13.2 Å². The van der Waals surface area contributed by atoms with Gasteiger partial charge in [-0.25, -0.2) is 0 Å². The van der Waals surface area contributed by atoms with E-state index in [1.807, 2.05) is 4.90 Å². The van der Waals surface area contributed by atoms with E-state index in [0.29, 0.717) is 31.9 Å². The highest BCUT2D eigenvalue weighted by atomic mass is 19.4. The summed E-state index contributed by atoms with van der Waals surface area (Å²) in [5.74, 6) is -1.76. The molecule has 8 heteroatoms. The summed E-state index contributed by atoms with van der Waals surface area (Å²) in [5.41, 5.74) is -0.194. The van der Waals surface area contributed by atoms with Crippen molar-refractivity contribution in [2.45, 2.75) is 25.4 Å². The second-order valence-corrected chi connectivity index (χ2v) is 8.08. The lowest BCUT2D eigenvalue weighted by atomic mass is 9.78. The molecule has 0 spiro atoms. The Morgan fingerprint density at radius 2 is 1.64 bits per heavy atom. The molecule has 1 amide bonds. The van der Waals surface area contributed by atoms with Gasteiger partial charge in [0.15, 0.2) is 0 Å². The Hall–Kier alpha value is -2.25. The fourth-order valence-corrected chi connectivity index (χ4v) is 5.28. The van der Waals surface area contributed by atoms with E-state index in [1.54, 1.807) is 11.0 Å². The third-order valence-electron chi connectivity index (χ3n) is 6.62. The molecule has 0 unspecified atom stereocenters. The number of alkyl halides is 3. The summed E-state index contributed by atoms with van der Waals surface area (Å²) < 4.78 is 38.8. The first kappa shape index (κ1) is 19.1. The second kappa shape index (κ2) is 6.97. The van der Waals surface area contributed by atoms with Gasteiger partial charge in [0.25, 0.3) is 0 Å². The molecule has 1 saturated heterocycles. The van der Waals surface area contributed by atoms with E-state index in [1.165, 1.54) is 6.07 Å². The van der Waals surface area contributed by atoms with Crippen LogP contribution in [0.25, 0.3) is 0 Å². The molecule has 152 valence electrons. The zero-order valence-electron chi connectivity index (χ0n) is 15.4. The van der Waals surface area contributed by atoms with Crippen molar-refractivity contribution in [3.8, 4) is 0 Å². The number of hydrogen-bond donors (Lipinski definition) is 1. The van der Waals surface area contributed by atoms with Gasteiger partial charge in [0.05, 0.1) is 17.4 Å². The Labute approximate surface area is 161 Å². The SMILES string of the molecule is O=C(O)[C@H]1[C@H]2CC[C@H](C2)[C@@H]1C(=O)N1CCN(c2cccc(C(F)(F)F)c2)CC1. The minimum absolute atomic E-state index is 0.0942. The molecular weight excluding hydrogens is 373 g/mol. The summed E-state index contributed by atoms with van der Waals surface area (Å²) in [5, 5.41) is 9.56. The normalized spacial score (nSPS) is 30.0. The van der Waals surface area contributed by atoms with Gasteiger partial charge in [-0.15, -0.1) is 0 Å². The molecule has 0 radical (unpaired) electrons. The molecule has 28 heavy (non-hydrogen) atoms. The van der Waals surface area contributed by atoms with Crippen LogP contribution in [0.15, 0.2) is 24.3 Å². The lowest BCUT2D eigenvalue weighted by molar-refractivity contribution is -0.153. The number of carbonyl (C=O) groups is 2. The molecule has 3 aliphatic rings. The summed E-state index contributed by atoms with van der Waals surface area (Å²) in [7, 11) is 0. The van der Waals surface area contributed by atoms with E-state index >= 15 is 0 Å². The van der Waals surface area contributed by atoms with E-state index < -0.39 is 29.5 Å². The summed E-state index contributed by atoms with van der Waals surface area (Å²) >= 11 is 0. The molecular formula is C20H23F3N2O3. The number of amides is 1. The maximum Gasteiger partial charge on any atom is 0.416 e.